The topological polar surface area (TPSA) is 113 Å². The second kappa shape index (κ2) is 11.1. The van der Waals surface area contributed by atoms with Crippen LogP contribution in [-0.4, -0.2) is 55.1 Å². The maximum atomic E-state index is 12.8. The number of ether oxygens (including phenoxy) is 1. The van der Waals surface area contributed by atoms with E-state index in [4.69, 9.17) is 4.74 Å². The molecule has 0 aliphatic carbocycles. The van der Waals surface area contributed by atoms with Gasteiger partial charge in [0.15, 0.2) is 5.13 Å². The van der Waals surface area contributed by atoms with Crippen molar-refractivity contribution in [1.82, 2.24) is 21.2 Å². The van der Waals surface area contributed by atoms with Gasteiger partial charge in [-0.2, -0.15) is 0 Å². The average molecular weight is 460 g/mol. The van der Waals surface area contributed by atoms with Crippen molar-refractivity contribution in [3.05, 3.63) is 46.5 Å². The van der Waals surface area contributed by atoms with Crippen LogP contribution >= 0.6 is 11.3 Å². The van der Waals surface area contributed by atoms with Crippen LogP contribution in [0.3, 0.4) is 0 Å². The first-order valence-corrected chi connectivity index (χ1v) is 11.5. The van der Waals surface area contributed by atoms with Crippen molar-refractivity contribution < 1.29 is 19.1 Å². The fourth-order valence-electron chi connectivity index (χ4n) is 3.25. The maximum absolute atomic E-state index is 12.8. The van der Waals surface area contributed by atoms with Crippen molar-refractivity contribution in [3.8, 4) is 0 Å². The minimum atomic E-state index is -0.792. The van der Waals surface area contributed by atoms with Crippen LogP contribution in [0.25, 0.3) is 0 Å². The highest BCUT2D eigenvalue weighted by Gasteiger charge is 2.27. The van der Waals surface area contributed by atoms with Gasteiger partial charge in [0.05, 0.1) is 18.9 Å². The minimum absolute atomic E-state index is 0.127. The van der Waals surface area contributed by atoms with Crippen LogP contribution < -0.4 is 21.1 Å². The zero-order valence-corrected chi connectivity index (χ0v) is 19.3. The third-order valence-electron chi connectivity index (χ3n) is 5.39. The number of nitrogens with zero attached hydrogens (tertiary/aromatic N) is 2. The van der Waals surface area contributed by atoms with Crippen LogP contribution in [0.15, 0.2) is 30.3 Å². The van der Waals surface area contributed by atoms with Gasteiger partial charge in [0.2, 0.25) is 0 Å². The Balaban J connectivity index is 1.62. The standard InChI is InChI=1S/C22H29N5O4S/c1-4-14(2)17(24-19(28)16-8-6-5-7-9-16)20(29)25-26-21(30)18-15(3)23-22(32-18)27-10-12-31-13-11-27/h5-9,14,17H,4,10-13H2,1-3H3,(H,24,28)(H,25,29)(H,26,30)/t14-,17-/m0/s1. The first kappa shape index (κ1) is 23.7. The van der Waals surface area contributed by atoms with Crippen molar-refractivity contribution in [3.63, 3.8) is 0 Å². The molecule has 3 amide bonds. The molecule has 172 valence electrons. The number of thiazole rings is 1. The van der Waals surface area contributed by atoms with E-state index in [-0.39, 0.29) is 11.8 Å². The molecular formula is C22H29N5O4S. The van der Waals surface area contributed by atoms with Gasteiger partial charge in [-0.05, 0) is 25.0 Å². The summed E-state index contributed by atoms with van der Waals surface area (Å²) in [4.78, 5) is 45.0. The molecule has 3 rings (SSSR count). The number of hydrazine groups is 1. The summed E-state index contributed by atoms with van der Waals surface area (Å²) in [5.74, 6) is -1.39. The molecule has 1 saturated heterocycles. The number of hydrogen-bond acceptors (Lipinski definition) is 7. The molecule has 1 fully saturated rings. The Labute approximate surface area is 191 Å². The molecule has 32 heavy (non-hydrogen) atoms. The van der Waals surface area contributed by atoms with Gasteiger partial charge >= 0.3 is 0 Å². The molecule has 0 unspecified atom stereocenters. The van der Waals surface area contributed by atoms with E-state index < -0.39 is 17.9 Å². The Kier molecular flexibility index (Phi) is 8.18. The Morgan fingerprint density at radius 1 is 1.12 bits per heavy atom. The number of aryl methyl sites for hydroxylation is 1. The van der Waals surface area contributed by atoms with E-state index in [2.05, 4.69) is 26.1 Å². The van der Waals surface area contributed by atoms with Gasteiger partial charge in [-0.25, -0.2) is 4.98 Å². The lowest BCUT2D eigenvalue weighted by atomic mass is 9.98. The predicted octanol–water partition coefficient (Wildman–Crippen LogP) is 1.89. The number of benzene rings is 1. The Morgan fingerprint density at radius 3 is 2.47 bits per heavy atom. The highest BCUT2D eigenvalue weighted by atomic mass is 32.1. The number of morpholine rings is 1. The number of hydrogen-bond donors (Lipinski definition) is 3. The second-order valence-electron chi connectivity index (χ2n) is 7.66. The van der Waals surface area contributed by atoms with Gasteiger partial charge in [-0.15, -0.1) is 0 Å². The van der Waals surface area contributed by atoms with Gasteiger partial charge in [-0.3, -0.25) is 25.2 Å². The van der Waals surface area contributed by atoms with Crippen LogP contribution in [0.1, 0.15) is 46.0 Å². The number of amides is 3. The van der Waals surface area contributed by atoms with E-state index in [1.54, 1.807) is 31.2 Å². The smallest absolute Gasteiger partial charge is 0.281 e. The summed E-state index contributed by atoms with van der Waals surface area (Å²) in [7, 11) is 0. The van der Waals surface area contributed by atoms with E-state index in [1.165, 1.54) is 11.3 Å². The number of nitrogens with one attached hydrogen (secondary N) is 3. The molecular weight excluding hydrogens is 430 g/mol. The zero-order chi connectivity index (χ0) is 23.1. The lowest BCUT2D eigenvalue weighted by molar-refractivity contribution is -0.124. The van der Waals surface area contributed by atoms with E-state index in [0.29, 0.717) is 35.8 Å². The normalized spacial score (nSPS) is 15.5. The van der Waals surface area contributed by atoms with Crippen LogP contribution in [0.2, 0.25) is 0 Å². The minimum Gasteiger partial charge on any atom is -0.378 e. The first-order valence-electron chi connectivity index (χ1n) is 10.7. The quantitative estimate of drug-likeness (QED) is 0.545. The molecule has 3 N–H and O–H groups in total. The van der Waals surface area contributed by atoms with Crippen LogP contribution in [0.5, 0.6) is 0 Å². The number of aromatic nitrogens is 1. The molecule has 10 heteroatoms. The lowest BCUT2D eigenvalue weighted by Crippen LogP contribution is -2.54. The number of anilines is 1. The summed E-state index contributed by atoms with van der Waals surface area (Å²) in [6.45, 7) is 8.28. The number of carbonyl (C=O) groups is 3. The van der Waals surface area contributed by atoms with Gasteiger partial charge < -0.3 is 15.0 Å². The SMILES string of the molecule is CC[C@H](C)[C@H](NC(=O)c1ccccc1)C(=O)NNC(=O)c1sc(N2CCOCC2)nc1C. The Bertz CT molecular complexity index is 943. The van der Waals surface area contributed by atoms with Gasteiger partial charge in [0.25, 0.3) is 17.7 Å². The second-order valence-corrected chi connectivity index (χ2v) is 8.63. The summed E-state index contributed by atoms with van der Waals surface area (Å²) >= 11 is 1.28. The molecule has 1 aliphatic heterocycles. The average Bonchev–Trinajstić information content (AvgIpc) is 3.23. The third-order valence-corrected chi connectivity index (χ3v) is 6.61. The van der Waals surface area contributed by atoms with Crippen LogP contribution in [-0.2, 0) is 9.53 Å². The van der Waals surface area contributed by atoms with E-state index in [1.807, 2.05) is 19.9 Å². The first-order chi connectivity index (χ1) is 15.4. The zero-order valence-electron chi connectivity index (χ0n) is 18.5. The molecule has 0 saturated carbocycles. The van der Waals surface area contributed by atoms with E-state index >= 15 is 0 Å². The fourth-order valence-corrected chi connectivity index (χ4v) is 4.27. The third kappa shape index (κ3) is 5.83. The van der Waals surface area contributed by atoms with Gasteiger partial charge in [-0.1, -0.05) is 49.8 Å². The van der Waals surface area contributed by atoms with Crippen molar-refractivity contribution >= 4 is 34.2 Å². The largest absolute Gasteiger partial charge is 0.378 e. The molecule has 2 aromatic rings. The molecule has 0 radical (unpaired) electrons. The fraction of sp³-hybridized carbons (Fsp3) is 0.455. The highest BCUT2D eigenvalue weighted by Crippen LogP contribution is 2.26. The predicted molar refractivity (Wildman–Crippen MR) is 123 cm³/mol. The lowest BCUT2D eigenvalue weighted by Gasteiger charge is -2.26. The molecule has 1 aromatic heterocycles. The highest BCUT2D eigenvalue weighted by molar-refractivity contribution is 7.17. The molecule has 2 heterocycles. The molecule has 9 nitrogen and oxygen atoms in total. The molecule has 2 atom stereocenters. The van der Waals surface area contributed by atoms with Crippen LogP contribution in [0.4, 0.5) is 5.13 Å². The van der Waals surface area contributed by atoms with Crippen molar-refractivity contribution in [2.45, 2.75) is 33.2 Å². The van der Waals surface area contributed by atoms with E-state index in [0.717, 1.165) is 18.2 Å². The Hall–Kier alpha value is -2.98. The molecule has 1 aromatic carbocycles. The number of carbonyl (C=O) groups excluding carboxylic acids is 3. The summed E-state index contributed by atoms with van der Waals surface area (Å²) in [6, 6.07) is 7.91. The number of rotatable bonds is 7. The van der Waals surface area contributed by atoms with Crippen molar-refractivity contribution in [2.24, 2.45) is 5.92 Å². The maximum Gasteiger partial charge on any atom is 0.281 e. The van der Waals surface area contributed by atoms with E-state index in [9.17, 15) is 14.4 Å². The monoisotopic (exact) mass is 459 g/mol. The van der Waals surface area contributed by atoms with Gasteiger partial charge in [0, 0.05) is 18.7 Å². The molecule has 0 bridgehead atoms. The Morgan fingerprint density at radius 2 is 1.81 bits per heavy atom. The summed E-state index contributed by atoms with van der Waals surface area (Å²) < 4.78 is 5.36. The molecule has 0 spiro atoms. The summed E-state index contributed by atoms with van der Waals surface area (Å²) in [6.07, 6.45) is 0.679. The summed E-state index contributed by atoms with van der Waals surface area (Å²) in [5, 5.41) is 3.53. The molecule has 1 aliphatic rings. The van der Waals surface area contributed by atoms with Crippen LogP contribution in [0, 0.1) is 12.8 Å². The van der Waals surface area contributed by atoms with Crippen molar-refractivity contribution in [1.29, 1.82) is 0 Å². The summed E-state index contributed by atoms with van der Waals surface area (Å²) in [5.41, 5.74) is 5.99. The van der Waals surface area contributed by atoms with Crippen molar-refractivity contribution in [2.75, 3.05) is 31.2 Å². The van der Waals surface area contributed by atoms with Gasteiger partial charge in [0.1, 0.15) is 10.9 Å².